The molecule has 0 amide bonds. The van der Waals surface area contributed by atoms with E-state index in [-0.39, 0.29) is 11.8 Å². The van der Waals surface area contributed by atoms with E-state index in [1.165, 1.54) is 0 Å². The lowest BCUT2D eigenvalue weighted by Gasteiger charge is -2.22. The molecule has 3 rings (SSSR count). The van der Waals surface area contributed by atoms with Gasteiger partial charge < -0.3 is 14.5 Å². The summed E-state index contributed by atoms with van der Waals surface area (Å²) >= 11 is 0. The van der Waals surface area contributed by atoms with Gasteiger partial charge in [0.05, 0.1) is 24.8 Å². The van der Waals surface area contributed by atoms with Crippen molar-refractivity contribution in [3.63, 3.8) is 0 Å². The van der Waals surface area contributed by atoms with Crippen LogP contribution in [0.4, 0.5) is 0 Å². The first-order valence-corrected chi connectivity index (χ1v) is 5.72. The summed E-state index contributed by atoms with van der Waals surface area (Å²) in [5.74, 6) is -0.575. The molecule has 0 bridgehead atoms. The molecular weight excluding hydrogens is 236 g/mol. The van der Waals surface area contributed by atoms with E-state index in [9.17, 15) is 9.59 Å². The van der Waals surface area contributed by atoms with Gasteiger partial charge >= 0.3 is 5.76 Å². The minimum absolute atomic E-state index is 0.0551. The molecule has 0 saturated carbocycles. The smallest absolute Gasteiger partial charge is 0.408 e. The van der Waals surface area contributed by atoms with Gasteiger partial charge in [-0.25, -0.2) is 4.79 Å². The third-order valence-electron chi connectivity index (χ3n) is 2.94. The summed E-state index contributed by atoms with van der Waals surface area (Å²) in [6, 6.07) is 4.58. The van der Waals surface area contributed by atoms with Crippen LogP contribution in [-0.4, -0.2) is 36.6 Å². The highest BCUT2D eigenvalue weighted by Gasteiger charge is 2.22. The lowest BCUT2D eigenvalue weighted by Crippen LogP contribution is -2.46. The topological polar surface area (TPSA) is 84.3 Å². The van der Waals surface area contributed by atoms with E-state index in [1.807, 2.05) is 0 Å². The van der Waals surface area contributed by atoms with E-state index in [4.69, 9.17) is 9.15 Å². The van der Waals surface area contributed by atoms with Gasteiger partial charge in [-0.1, -0.05) is 0 Å². The number of ketones is 1. The summed E-state index contributed by atoms with van der Waals surface area (Å²) in [7, 11) is 0. The third-order valence-corrected chi connectivity index (χ3v) is 2.94. The number of fused-ring (bicyclic) bond motifs is 1. The van der Waals surface area contributed by atoms with Crippen LogP contribution in [0.1, 0.15) is 10.4 Å². The number of ether oxygens (including phenoxy) is 1. The Bertz CT molecular complexity index is 637. The van der Waals surface area contributed by atoms with Crippen LogP contribution in [0.5, 0.6) is 0 Å². The second kappa shape index (κ2) is 4.40. The van der Waals surface area contributed by atoms with Crippen molar-refractivity contribution in [3.8, 4) is 0 Å². The Labute approximate surface area is 102 Å². The highest BCUT2D eigenvalue weighted by Crippen LogP contribution is 2.14. The largest absolute Gasteiger partial charge is 0.417 e. The summed E-state index contributed by atoms with van der Waals surface area (Å²) in [5, 5.41) is 3.10. The Hall–Kier alpha value is -1.92. The Balaban J connectivity index is 1.92. The zero-order chi connectivity index (χ0) is 12.5. The zero-order valence-electron chi connectivity index (χ0n) is 9.56. The van der Waals surface area contributed by atoms with Crippen molar-refractivity contribution < 1.29 is 13.9 Å². The van der Waals surface area contributed by atoms with Crippen LogP contribution in [0.3, 0.4) is 0 Å². The van der Waals surface area contributed by atoms with Crippen molar-refractivity contribution in [2.45, 2.75) is 6.04 Å². The van der Waals surface area contributed by atoms with Crippen LogP contribution >= 0.6 is 0 Å². The maximum absolute atomic E-state index is 12.2. The molecule has 1 aromatic carbocycles. The minimum Gasteiger partial charge on any atom is -0.408 e. The van der Waals surface area contributed by atoms with E-state index in [1.54, 1.807) is 18.2 Å². The first kappa shape index (κ1) is 11.2. The molecule has 2 heterocycles. The van der Waals surface area contributed by atoms with Crippen LogP contribution in [-0.2, 0) is 4.74 Å². The fourth-order valence-electron chi connectivity index (χ4n) is 2.03. The summed E-state index contributed by atoms with van der Waals surface area (Å²) in [5.41, 5.74) is 1.49. The molecule has 1 unspecified atom stereocenters. The number of morpholine rings is 1. The summed E-state index contributed by atoms with van der Waals surface area (Å²) in [4.78, 5) is 25.7. The molecule has 1 aliphatic rings. The number of benzene rings is 1. The fraction of sp³-hybridized carbons (Fsp3) is 0.333. The molecule has 1 aromatic heterocycles. The van der Waals surface area contributed by atoms with Gasteiger partial charge in [-0.05, 0) is 18.2 Å². The van der Waals surface area contributed by atoms with Crippen molar-refractivity contribution in [2.75, 3.05) is 19.8 Å². The van der Waals surface area contributed by atoms with Gasteiger partial charge in [0.2, 0.25) is 0 Å². The lowest BCUT2D eigenvalue weighted by atomic mass is 10.0. The van der Waals surface area contributed by atoms with Crippen LogP contribution in [0.2, 0.25) is 0 Å². The average molecular weight is 248 g/mol. The van der Waals surface area contributed by atoms with E-state index in [0.29, 0.717) is 36.4 Å². The van der Waals surface area contributed by atoms with Crippen LogP contribution in [0.15, 0.2) is 27.4 Å². The van der Waals surface area contributed by atoms with Crippen LogP contribution < -0.4 is 11.1 Å². The summed E-state index contributed by atoms with van der Waals surface area (Å²) in [6.45, 7) is 1.65. The molecule has 18 heavy (non-hydrogen) atoms. The molecule has 94 valence electrons. The lowest BCUT2D eigenvalue weighted by molar-refractivity contribution is 0.0607. The minimum atomic E-state index is -0.520. The van der Waals surface area contributed by atoms with Crippen molar-refractivity contribution in [1.29, 1.82) is 0 Å². The fourth-order valence-corrected chi connectivity index (χ4v) is 2.03. The van der Waals surface area contributed by atoms with E-state index >= 15 is 0 Å². The quantitative estimate of drug-likeness (QED) is 0.746. The molecule has 2 aromatic rings. The summed E-state index contributed by atoms with van der Waals surface area (Å²) in [6.07, 6.45) is 0. The average Bonchev–Trinajstić information content (AvgIpc) is 2.78. The van der Waals surface area contributed by atoms with Gasteiger partial charge in [-0.2, -0.15) is 0 Å². The Morgan fingerprint density at radius 1 is 1.39 bits per heavy atom. The molecule has 1 fully saturated rings. The van der Waals surface area contributed by atoms with Gasteiger partial charge in [0.1, 0.15) is 0 Å². The maximum Gasteiger partial charge on any atom is 0.417 e. The van der Waals surface area contributed by atoms with E-state index < -0.39 is 5.76 Å². The Morgan fingerprint density at radius 2 is 2.28 bits per heavy atom. The molecule has 0 aliphatic carbocycles. The molecule has 0 spiro atoms. The van der Waals surface area contributed by atoms with Crippen molar-refractivity contribution in [1.82, 2.24) is 10.3 Å². The monoisotopic (exact) mass is 248 g/mol. The molecule has 0 radical (unpaired) electrons. The zero-order valence-corrected chi connectivity index (χ0v) is 9.56. The Kier molecular flexibility index (Phi) is 2.73. The second-order valence-electron chi connectivity index (χ2n) is 4.17. The number of rotatable bonds is 2. The molecule has 6 heteroatoms. The van der Waals surface area contributed by atoms with Crippen molar-refractivity contribution in [2.24, 2.45) is 0 Å². The molecular formula is C12H12N2O4. The highest BCUT2D eigenvalue weighted by molar-refractivity contribution is 6.02. The van der Waals surface area contributed by atoms with Crippen molar-refractivity contribution in [3.05, 3.63) is 34.3 Å². The number of oxazole rings is 1. The number of hydrogen-bond donors (Lipinski definition) is 2. The van der Waals surface area contributed by atoms with Gasteiger partial charge in [-0.15, -0.1) is 0 Å². The number of Topliss-reactive ketones (excluding diaryl/α,β-unsaturated/α-hetero) is 1. The number of nitrogens with one attached hydrogen (secondary N) is 2. The third kappa shape index (κ3) is 1.96. The van der Waals surface area contributed by atoms with Gasteiger partial charge in [0.25, 0.3) is 0 Å². The van der Waals surface area contributed by atoms with Crippen molar-refractivity contribution >= 4 is 16.9 Å². The summed E-state index contributed by atoms with van der Waals surface area (Å²) < 4.78 is 10.2. The SMILES string of the molecule is O=C(c1ccc2[nH]c(=O)oc2c1)C1COCCN1. The predicted molar refractivity (Wildman–Crippen MR) is 63.8 cm³/mol. The first-order valence-electron chi connectivity index (χ1n) is 5.72. The number of carbonyl (C=O) groups excluding carboxylic acids is 1. The molecule has 1 saturated heterocycles. The number of aromatic nitrogens is 1. The maximum atomic E-state index is 12.2. The van der Waals surface area contributed by atoms with E-state index in [0.717, 1.165) is 0 Å². The highest BCUT2D eigenvalue weighted by atomic mass is 16.5. The van der Waals surface area contributed by atoms with Gasteiger partial charge in [0.15, 0.2) is 11.4 Å². The number of hydrogen-bond acceptors (Lipinski definition) is 5. The normalized spacial score (nSPS) is 20.1. The first-order chi connectivity index (χ1) is 8.74. The predicted octanol–water partition coefficient (Wildman–Crippen LogP) is 0.292. The Morgan fingerprint density at radius 3 is 3.06 bits per heavy atom. The van der Waals surface area contributed by atoms with E-state index in [2.05, 4.69) is 10.3 Å². The molecule has 1 atom stereocenters. The number of H-pyrrole nitrogens is 1. The van der Waals surface area contributed by atoms with Crippen LogP contribution in [0, 0.1) is 0 Å². The second-order valence-corrected chi connectivity index (χ2v) is 4.17. The van der Waals surface area contributed by atoms with Crippen LogP contribution in [0.25, 0.3) is 11.1 Å². The number of carbonyl (C=O) groups is 1. The number of aromatic amines is 1. The standard InChI is InChI=1S/C12H12N2O4/c15-11(9-6-17-4-3-13-9)7-1-2-8-10(5-7)18-12(16)14-8/h1-2,5,9,13H,3-4,6H2,(H,14,16). The molecule has 2 N–H and O–H groups in total. The van der Waals surface area contributed by atoms with Gasteiger partial charge in [-0.3, -0.25) is 9.78 Å². The molecule has 6 nitrogen and oxygen atoms in total. The molecule has 1 aliphatic heterocycles. The van der Waals surface area contributed by atoms with Gasteiger partial charge in [0, 0.05) is 12.1 Å².